The van der Waals surface area contributed by atoms with Crippen LogP contribution in [-0.4, -0.2) is 7.05 Å². The molecule has 1 aromatic carbocycles. The van der Waals surface area contributed by atoms with E-state index in [1.54, 1.807) is 11.3 Å². The van der Waals surface area contributed by atoms with Crippen molar-refractivity contribution in [3.8, 4) is 10.4 Å². The monoisotopic (exact) mass is 245 g/mol. The van der Waals surface area contributed by atoms with E-state index >= 15 is 0 Å². The number of nitrogens with one attached hydrogen (secondary N) is 1. The van der Waals surface area contributed by atoms with Crippen LogP contribution in [0, 0.1) is 0 Å². The molecule has 0 atom stereocenters. The first-order valence-corrected chi connectivity index (χ1v) is 6.71. The molecule has 0 unspecified atom stereocenters. The third kappa shape index (κ3) is 2.70. The van der Waals surface area contributed by atoms with E-state index in [0.29, 0.717) is 0 Å². The van der Waals surface area contributed by atoms with Crippen LogP contribution in [0.25, 0.3) is 10.4 Å². The summed E-state index contributed by atoms with van der Waals surface area (Å²) in [6, 6.07) is 13.2. The maximum atomic E-state index is 3.17. The van der Waals surface area contributed by atoms with Crippen LogP contribution in [0.2, 0.25) is 0 Å². The van der Waals surface area contributed by atoms with Crippen molar-refractivity contribution in [2.24, 2.45) is 0 Å². The molecule has 0 radical (unpaired) electrons. The Balaban J connectivity index is 2.29. The quantitative estimate of drug-likeness (QED) is 0.804. The average molecular weight is 245 g/mol. The van der Waals surface area contributed by atoms with Gasteiger partial charge < -0.3 is 5.32 Å². The van der Waals surface area contributed by atoms with E-state index in [1.165, 1.54) is 21.0 Å². The van der Waals surface area contributed by atoms with Crippen LogP contribution in [0.15, 0.2) is 36.4 Å². The zero-order valence-electron chi connectivity index (χ0n) is 10.9. The topological polar surface area (TPSA) is 12.0 Å². The molecule has 0 fully saturated rings. The van der Waals surface area contributed by atoms with E-state index in [1.807, 2.05) is 7.05 Å². The van der Waals surface area contributed by atoms with Crippen LogP contribution in [0.5, 0.6) is 0 Å². The molecule has 2 rings (SSSR count). The maximum absolute atomic E-state index is 3.17. The average Bonchev–Trinajstić information content (AvgIpc) is 2.76. The first kappa shape index (κ1) is 12.2. The standard InChI is InChI=1S/C15H19NS/c1-15(2,3)12-7-5-11(6-8-12)13-9-10-14(16-4)17-13/h5-10,16H,1-4H3. The molecule has 0 bridgehead atoms. The van der Waals surface area contributed by atoms with Crippen molar-refractivity contribution in [2.75, 3.05) is 12.4 Å². The number of hydrogen-bond acceptors (Lipinski definition) is 2. The summed E-state index contributed by atoms with van der Waals surface area (Å²) in [4.78, 5) is 1.31. The Bertz CT molecular complexity index is 488. The van der Waals surface area contributed by atoms with Crippen molar-refractivity contribution in [3.05, 3.63) is 42.0 Å². The molecule has 0 aliphatic heterocycles. The smallest absolute Gasteiger partial charge is 0.0886 e. The molecule has 1 heterocycles. The van der Waals surface area contributed by atoms with Gasteiger partial charge in [-0.1, -0.05) is 45.0 Å². The van der Waals surface area contributed by atoms with Crippen molar-refractivity contribution in [1.82, 2.24) is 0 Å². The van der Waals surface area contributed by atoms with Crippen molar-refractivity contribution in [2.45, 2.75) is 26.2 Å². The van der Waals surface area contributed by atoms with Crippen LogP contribution < -0.4 is 5.32 Å². The highest BCUT2D eigenvalue weighted by molar-refractivity contribution is 7.19. The fraction of sp³-hybridized carbons (Fsp3) is 0.333. The number of rotatable bonds is 2. The van der Waals surface area contributed by atoms with Crippen LogP contribution in [-0.2, 0) is 5.41 Å². The summed E-state index contributed by atoms with van der Waals surface area (Å²) < 4.78 is 0. The molecule has 1 nitrogen and oxygen atoms in total. The Morgan fingerprint density at radius 3 is 2.06 bits per heavy atom. The predicted octanol–water partition coefficient (Wildman–Crippen LogP) is 4.75. The van der Waals surface area contributed by atoms with Crippen molar-refractivity contribution in [1.29, 1.82) is 0 Å². The number of anilines is 1. The van der Waals surface area contributed by atoms with Gasteiger partial charge in [-0.3, -0.25) is 0 Å². The first-order chi connectivity index (χ1) is 8.00. The molecule has 0 amide bonds. The normalized spacial score (nSPS) is 11.5. The van der Waals surface area contributed by atoms with Gasteiger partial charge >= 0.3 is 0 Å². The molecule has 1 aromatic heterocycles. The summed E-state index contributed by atoms with van der Waals surface area (Å²) in [6.07, 6.45) is 0. The lowest BCUT2D eigenvalue weighted by Crippen LogP contribution is -2.10. The minimum Gasteiger partial charge on any atom is -0.380 e. The second kappa shape index (κ2) is 4.53. The molecule has 0 saturated heterocycles. The third-order valence-corrected chi connectivity index (χ3v) is 4.04. The van der Waals surface area contributed by atoms with Crippen LogP contribution in [0.3, 0.4) is 0 Å². The molecule has 0 saturated carbocycles. The SMILES string of the molecule is CNc1ccc(-c2ccc(C(C)(C)C)cc2)s1. The Hall–Kier alpha value is -1.28. The number of hydrogen-bond donors (Lipinski definition) is 1. The second-order valence-electron chi connectivity index (χ2n) is 5.24. The minimum absolute atomic E-state index is 0.226. The second-order valence-corrected chi connectivity index (χ2v) is 6.33. The van der Waals surface area contributed by atoms with Crippen LogP contribution >= 0.6 is 11.3 Å². The van der Waals surface area contributed by atoms with Crippen LogP contribution in [0.4, 0.5) is 5.00 Å². The summed E-state index contributed by atoms with van der Waals surface area (Å²) in [5.74, 6) is 0. The number of thiophene rings is 1. The van der Waals surface area contributed by atoms with Crippen molar-refractivity contribution < 1.29 is 0 Å². The van der Waals surface area contributed by atoms with Gasteiger partial charge in [-0.05, 0) is 28.7 Å². The fourth-order valence-corrected chi connectivity index (χ4v) is 2.63. The molecule has 17 heavy (non-hydrogen) atoms. The molecular formula is C15H19NS. The minimum atomic E-state index is 0.226. The van der Waals surface area contributed by atoms with Gasteiger partial charge in [0.2, 0.25) is 0 Å². The van der Waals surface area contributed by atoms with Gasteiger partial charge in [0.1, 0.15) is 0 Å². The van der Waals surface area contributed by atoms with Gasteiger partial charge in [0.05, 0.1) is 5.00 Å². The van der Waals surface area contributed by atoms with Gasteiger partial charge in [0.25, 0.3) is 0 Å². The molecule has 0 spiro atoms. The Morgan fingerprint density at radius 2 is 1.59 bits per heavy atom. The van der Waals surface area contributed by atoms with E-state index in [2.05, 4.69) is 62.5 Å². The van der Waals surface area contributed by atoms with Gasteiger partial charge in [0, 0.05) is 11.9 Å². The lowest BCUT2D eigenvalue weighted by molar-refractivity contribution is 0.590. The highest BCUT2D eigenvalue weighted by atomic mass is 32.1. The molecular weight excluding hydrogens is 226 g/mol. The van der Waals surface area contributed by atoms with E-state index in [9.17, 15) is 0 Å². The zero-order valence-corrected chi connectivity index (χ0v) is 11.7. The molecule has 1 N–H and O–H groups in total. The van der Waals surface area contributed by atoms with Gasteiger partial charge in [-0.15, -0.1) is 11.3 Å². The van der Waals surface area contributed by atoms with Crippen molar-refractivity contribution in [3.63, 3.8) is 0 Å². The summed E-state index contributed by atoms with van der Waals surface area (Å²) in [7, 11) is 1.96. The van der Waals surface area contributed by atoms with Gasteiger partial charge in [0.15, 0.2) is 0 Å². The summed E-state index contributed by atoms with van der Waals surface area (Å²) in [5.41, 5.74) is 2.90. The first-order valence-electron chi connectivity index (χ1n) is 5.89. The Labute approximate surface area is 108 Å². The van der Waals surface area contributed by atoms with E-state index < -0.39 is 0 Å². The largest absolute Gasteiger partial charge is 0.380 e. The Kier molecular flexibility index (Phi) is 3.25. The lowest BCUT2D eigenvalue weighted by Gasteiger charge is -2.18. The zero-order chi connectivity index (χ0) is 12.5. The summed E-state index contributed by atoms with van der Waals surface area (Å²) in [5, 5.41) is 4.38. The van der Waals surface area contributed by atoms with E-state index in [0.717, 1.165) is 0 Å². The molecule has 2 aromatic rings. The summed E-state index contributed by atoms with van der Waals surface area (Å²) >= 11 is 1.79. The van der Waals surface area contributed by atoms with E-state index in [-0.39, 0.29) is 5.41 Å². The molecule has 2 heteroatoms. The van der Waals surface area contributed by atoms with Crippen LogP contribution in [0.1, 0.15) is 26.3 Å². The van der Waals surface area contributed by atoms with Gasteiger partial charge in [-0.25, -0.2) is 0 Å². The molecule has 90 valence electrons. The number of benzene rings is 1. The maximum Gasteiger partial charge on any atom is 0.0886 e. The van der Waals surface area contributed by atoms with Crippen molar-refractivity contribution >= 4 is 16.3 Å². The van der Waals surface area contributed by atoms with E-state index in [4.69, 9.17) is 0 Å². The fourth-order valence-electron chi connectivity index (χ4n) is 1.76. The third-order valence-electron chi connectivity index (χ3n) is 2.89. The highest BCUT2D eigenvalue weighted by Crippen LogP contribution is 2.32. The Morgan fingerprint density at radius 1 is 0.941 bits per heavy atom. The molecule has 0 aliphatic carbocycles. The highest BCUT2D eigenvalue weighted by Gasteiger charge is 2.13. The molecule has 0 aliphatic rings. The van der Waals surface area contributed by atoms with Gasteiger partial charge in [-0.2, -0.15) is 0 Å². The predicted molar refractivity (Wildman–Crippen MR) is 78.0 cm³/mol. The summed E-state index contributed by atoms with van der Waals surface area (Å²) in [6.45, 7) is 6.73. The lowest BCUT2D eigenvalue weighted by atomic mass is 9.86.